The zero-order valence-corrected chi connectivity index (χ0v) is 23.4. The number of anilines is 1. The van der Waals surface area contributed by atoms with E-state index in [-0.39, 0.29) is 35.9 Å². The number of carboxylic acid groups (broad SMARTS) is 2. The fraction of sp³-hybridized carbons (Fsp3) is 0.424. The number of carbonyl (C=O) groups is 2. The molecule has 0 saturated carbocycles. The minimum Gasteiger partial charge on any atom is -0.550 e. The van der Waals surface area contributed by atoms with Crippen molar-refractivity contribution < 1.29 is 29.1 Å². The van der Waals surface area contributed by atoms with Crippen molar-refractivity contribution in [3.8, 4) is 0 Å². The van der Waals surface area contributed by atoms with Crippen LogP contribution in [-0.4, -0.2) is 52.6 Å². The Balaban J connectivity index is 1.36. The second kappa shape index (κ2) is 8.40. The van der Waals surface area contributed by atoms with Gasteiger partial charge < -0.3 is 24.6 Å². The monoisotopic (exact) mass is 538 g/mol. The molecule has 7 heteroatoms. The first-order valence-electron chi connectivity index (χ1n) is 14.2. The number of rotatable bonds is 4. The van der Waals surface area contributed by atoms with Crippen molar-refractivity contribution in [3.63, 3.8) is 0 Å². The van der Waals surface area contributed by atoms with Gasteiger partial charge in [0.05, 0.1) is 24.0 Å². The molecule has 2 aromatic rings. The smallest absolute Gasteiger partial charge is 0.307 e. The van der Waals surface area contributed by atoms with Gasteiger partial charge in [-0.05, 0) is 55.2 Å². The Morgan fingerprint density at radius 3 is 2.48 bits per heavy atom. The van der Waals surface area contributed by atoms with Crippen molar-refractivity contribution in [2.45, 2.75) is 76.4 Å². The Morgan fingerprint density at radius 2 is 1.73 bits per heavy atom. The third-order valence-corrected chi connectivity index (χ3v) is 9.59. The first-order valence-corrected chi connectivity index (χ1v) is 14.2. The normalized spacial score (nSPS) is 24.9. The minimum atomic E-state index is -1.07. The van der Waals surface area contributed by atoms with Crippen LogP contribution in [0.3, 0.4) is 0 Å². The predicted octanol–water partition coefficient (Wildman–Crippen LogP) is 3.54. The summed E-state index contributed by atoms with van der Waals surface area (Å²) >= 11 is 0. The molecule has 2 atom stereocenters. The number of fused-ring (bicyclic) bond motifs is 8. The number of benzene rings is 2. The van der Waals surface area contributed by atoms with E-state index in [0.717, 1.165) is 54.0 Å². The molecule has 5 aliphatic heterocycles. The third-order valence-electron chi connectivity index (χ3n) is 9.59. The van der Waals surface area contributed by atoms with Crippen molar-refractivity contribution in [1.82, 2.24) is 0 Å². The van der Waals surface area contributed by atoms with Gasteiger partial charge in [-0.2, -0.15) is 4.58 Å². The summed E-state index contributed by atoms with van der Waals surface area (Å²) in [4.78, 5) is 25.1. The Kier molecular flexibility index (Phi) is 5.31. The second-order valence-electron chi connectivity index (χ2n) is 12.8. The molecule has 7 nitrogen and oxygen atoms in total. The van der Waals surface area contributed by atoms with E-state index in [1.807, 2.05) is 18.2 Å². The fourth-order valence-electron chi connectivity index (χ4n) is 7.95. The van der Waals surface area contributed by atoms with Gasteiger partial charge >= 0.3 is 5.97 Å². The number of ether oxygens (including phenoxy) is 1. The summed E-state index contributed by atoms with van der Waals surface area (Å²) in [5, 5.41) is 20.7. The summed E-state index contributed by atoms with van der Waals surface area (Å²) in [5.74, 6) is -1.89. The molecule has 0 spiro atoms. The highest BCUT2D eigenvalue weighted by Gasteiger charge is 2.54. The van der Waals surface area contributed by atoms with Crippen LogP contribution < -0.4 is 10.0 Å². The summed E-state index contributed by atoms with van der Waals surface area (Å²) in [7, 11) is 0. The molecule has 206 valence electrons. The molecule has 1 N–H and O–H groups in total. The number of hydrogen-bond donors (Lipinski definition) is 1. The molecule has 5 aliphatic rings. The lowest BCUT2D eigenvalue weighted by Crippen LogP contribution is -2.47. The zero-order valence-electron chi connectivity index (χ0n) is 23.4. The third kappa shape index (κ3) is 3.49. The van der Waals surface area contributed by atoms with Gasteiger partial charge in [0, 0.05) is 64.9 Å². The molecule has 0 aliphatic carbocycles. The maximum atomic E-state index is 11.4. The topological polar surface area (TPSA) is 92.9 Å². The molecule has 0 amide bonds. The van der Waals surface area contributed by atoms with Crippen LogP contribution in [0.5, 0.6) is 0 Å². The van der Waals surface area contributed by atoms with Crippen molar-refractivity contribution in [2.24, 2.45) is 0 Å². The van der Waals surface area contributed by atoms with Crippen LogP contribution in [-0.2, 0) is 38.0 Å². The number of hydrogen-bond acceptors (Lipinski definition) is 5. The van der Waals surface area contributed by atoms with E-state index in [1.165, 1.54) is 28.1 Å². The average Bonchev–Trinajstić information content (AvgIpc) is 3.26. The van der Waals surface area contributed by atoms with Gasteiger partial charge in [0.25, 0.3) is 0 Å². The Hall–Kier alpha value is -3.71. The molecule has 0 fully saturated rings. The summed E-state index contributed by atoms with van der Waals surface area (Å²) in [6.07, 6.45) is 4.17. The van der Waals surface area contributed by atoms with Crippen molar-refractivity contribution in [1.29, 1.82) is 0 Å². The van der Waals surface area contributed by atoms with E-state index in [1.54, 1.807) is 0 Å². The molecule has 0 aromatic heterocycles. The molecule has 5 heterocycles. The Labute approximate surface area is 234 Å². The first-order chi connectivity index (χ1) is 19.0. The van der Waals surface area contributed by atoms with E-state index < -0.39 is 11.9 Å². The van der Waals surface area contributed by atoms with Crippen LogP contribution in [0, 0.1) is 0 Å². The van der Waals surface area contributed by atoms with E-state index in [4.69, 9.17) is 4.74 Å². The lowest BCUT2D eigenvalue weighted by molar-refractivity contribution is -0.445. The summed E-state index contributed by atoms with van der Waals surface area (Å²) in [6.45, 7) is 10.7. The van der Waals surface area contributed by atoms with Crippen LogP contribution >= 0.6 is 0 Å². The lowest BCUT2D eigenvalue weighted by Gasteiger charge is -2.42. The predicted molar refractivity (Wildman–Crippen MR) is 149 cm³/mol. The molecule has 7 rings (SSSR count). The van der Waals surface area contributed by atoms with Crippen LogP contribution in [0.25, 0.3) is 0 Å². The van der Waals surface area contributed by atoms with Gasteiger partial charge in [0.15, 0.2) is 12.3 Å². The minimum absolute atomic E-state index is 0.0151. The van der Waals surface area contributed by atoms with Crippen molar-refractivity contribution >= 4 is 29.0 Å². The number of allylic oxidation sites excluding steroid dienone is 1. The molecular weight excluding hydrogens is 504 g/mol. The van der Waals surface area contributed by atoms with E-state index >= 15 is 0 Å². The van der Waals surface area contributed by atoms with E-state index in [0.29, 0.717) is 0 Å². The highest BCUT2D eigenvalue weighted by Crippen LogP contribution is 2.54. The molecule has 0 radical (unpaired) electrons. The van der Waals surface area contributed by atoms with E-state index in [9.17, 15) is 19.8 Å². The van der Waals surface area contributed by atoms with Gasteiger partial charge in [0.1, 0.15) is 0 Å². The van der Waals surface area contributed by atoms with Gasteiger partial charge in [-0.25, -0.2) is 0 Å². The molecule has 40 heavy (non-hydrogen) atoms. The maximum Gasteiger partial charge on any atom is 0.307 e. The zero-order chi connectivity index (χ0) is 28.1. The van der Waals surface area contributed by atoms with E-state index in [2.05, 4.69) is 61.4 Å². The highest BCUT2D eigenvalue weighted by molar-refractivity contribution is 6.08. The largest absolute Gasteiger partial charge is 0.550 e. The molecule has 2 aromatic carbocycles. The number of nitrogens with zero attached hydrogens (tertiary/aromatic N) is 2. The molecular formula is C33H34N2O5. The quantitative estimate of drug-likeness (QED) is 0.599. The summed E-state index contributed by atoms with van der Waals surface area (Å²) < 4.78 is 9.30. The number of carboxylic acids is 2. The Bertz CT molecular complexity index is 1610. The Morgan fingerprint density at radius 1 is 1.00 bits per heavy atom. The lowest BCUT2D eigenvalue weighted by atomic mass is 9.73. The van der Waals surface area contributed by atoms with Crippen LogP contribution in [0.4, 0.5) is 11.4 Å². The molecule has 0 saturated heterocycles. The first kappa shape index (κ1) is 25.3. The number of aliphatic carboxylic acids is 2. The molecule has 2 unspecified atom stereocenters. The maximum absolute atomic E-state index is 11.4. The van der Waals surface area contributed by atoms with Gasteiger partial charge in [-0.1, -0.05) is 32.0 Å². The van der Waals surface area contributed by atoms with Crippen LogP contribution in [0.2, 0.25) is 0 Å². The van der Waals surface area contributed by atoms with Crippen molar-refractivity contribution in [3.05, 3.63) is 81.6 Å². The van der Waals surface area contributed by atoms with Crippen LogP contribution in [0.1, 0.15) is 62.8 Å². The van der Waals surface area contributed by atoms with Crippen molar-refractivity contribution in [2.75, 3.05) is 18.0 Å². The second-order valence-corrected chi connectivity index (χ2v) is 12.8. The standard InChI is InChI=1S/C33H34N2O5/c1-32(2)22-13-18(15-28(36)37)5-7-24(22)34-11-9-26-20(30(32)34)17-21-27(40-26)10-12-35-25-8-6-19(16-29(38)39)14-23(25)33(3,4)31(21)35/h5-8,13-14,17,26-27H,9-12,15-16H2,1-4H3,(H-,36,37,38,39). The highest BCUT2D eigenvalue weighted by atomic mass is 16.5. The van der Waals surface area contributed by atoms with Crippen LogP contribution in [0.15, 0.2) is 59.3 Å². The summed E-state index contributed by atoms with van der Waals surface area (Å²) in [5.41, 5.74) is 10.5. The summed E-state index contributed by atoms with van der Waals surface area (Å²) in [6, 6.07) is 12.1. The number of carbonyl (C=O) groups excluding carboxylic acids is 1. The van der Waals surface area contributed by atoms with Gasteiger partial charge in [-0.3, -0.25) is 4.79 Å². The fourth-order valence-corrected chi connectivity index (χ4v) is 7.95. The van der Waals surface area contributed by atoms with Gasteiger partial charge in [-0.15, -0.1) is 0 Å². The SMILES string of the molecule is CC1(C)C2=C3C=C4C5=[N+](CCC4OC3CCN2c2ccc(CC(=O)[O-])cc21)c1ccc(CC(=O)O)cc1C5(C)C. The average molecular weight is 539 g/mol. The molecule has 0 bridgehead atoms. The van der Waals surface area contributed by atoms with Gasteiger partial charge in [0.2, 0.25) is 5.69 Å².